The molecule has 2 rings (SSSR count). The number of hydrogen-bond donors (Lipinski definition) is 0. The first-order chi connectivity index (χ1) is 6.77. The third-order valence-corrected chi connectivity index (χ3v) is 2.42. The van der Waals surface area contributed by atoms with Crippen molar-refractivity contribution < 1.29 is 4.98 Å². The Kier molecular flexibility index (Phi) is 2.49. The molecule has 2 aromatic rings. The van der Waals surface area contributed by atoms with Crippen molar-refractivity contribution in [2.45, 2.75) is 20.3 Å². The Morgan fingerprint density at radius 2 is 1.93 bits per heavy atom. The second-order valence-corrected chi connectivity index (χ2v) is 4.15. The molecule has 0 aliphatic heterocycles. The van der Waals surface area contributed by atoms with E-state index in [2.05, 4.69) is 49.2 Å². The standard InChI is InChI=1S/C13H15N/c1-10(2)9-11-7-8-14-13-6-4-3-5-12(11)13/h3-8,10H,9H2,1-2H3/p+1. The lowest BCUT2D eigenvalue weighted by Crippen LogP contribution is -2.05. The average Bonchev–Trinajstić information content (AvgIpc) is 2.18. The molecule has 0 unspecified atom stereocenters. The summed E-state index contributed by atoms with van der Waals surface area (Å²) >= 11 is 0. The van der Waals surface area contributed by atoms with Crippen LogP contribution in [0.25, 0.3) is 10.9 Å². The van der Waals surface area contributed by atoms with Crippen LogP contribution < -0.4 is 4.98 Å². The molecule has 1 aromatic heterocycles. The molecule has 72 valence electrons. The highest BCUT2D eigenvalue weighted by molar-refractivity contribution is 5.78. The quantitative estimate of drug-likeness (QED) is 0.684. The number of benzene rings is 1. The predicted molar refractivity (Wildman–Crippen MR) is 59.0 cm³/mol. The zero-order chi connectivity index (χ0) is 9.97. The molecule has 0 fully saturated rings. The largest absolute Gasteiger partial charge is 0.211 e. The number of para-hydroxylation sites is 1. The van der Waals surface area contributed by atoms with Gasteiger partial charge in [-0.05, 0) is 24.0 Å². The van der Waals surface area contributed by atoms with E-state index < -0.39 is 0 Å². The fraction of sp³-hybridized carbons (Fsp3) is 0.308. The van der Waals surface area contributed by atoms with E-state index in [1.165, 1.54) is 16.5 Å². The Labute approximate surface area is 84.8 Å². The van der Waals surface area contributed by atoms with Crippen molar-refractivity contribution in [3.8, 4) is 0 Å². The molecule has 0 saturated heterocycles. The summed E-state index contributed by atoms with van der Waals surface area (Å²) in [6.45, 7) is 4.51. The van der Waals surface area contributed by atoms with E-state index in [0.29, 0.717) is 5.92 Å². The predicted octanol–water partition coefficient (Wildman–Crippen LogP) is 2.85. The molecule has 1 heteroatoms. The fourth-order valence-corrected chi connectivity index (χ4v) is 1.83. The lowest BCUT2D eigenvalue weighted by molar-refractivity contribution is -0.344. The molecule has 1 N–H and O–H groups in total. The van der Waals surface area contributed by atoms with Crippen LogP contribution in [0.4, 0.5) is 0 Å². The maximum absolute atomic E-state index is 3.26. The van der Waals surface area contributed by atoms with Crippen molar-refractivity contribution in [3.63, 3.8) is 0 Å². The van der Waals surface area contributed by atoms with Gasteiger partial charge in [0.05, 0.1) is 0 Å². The van der Waals surface area contributed by atoms with Gasteiger partial charge in [0.15, 0.2) is 6.20 Å². The summed E-state index contributed by atoms with van der Waals surface area (Å²) < 4.78 is 0. The van der Waals surface area contributed by atoms with E-state index in [4.69, 9.17) is 0 Å². The minimum atomic E-state index is 0.709. The van der Waals surface area contributed by atoms with E-state index >= 15 is 0 Å². The van der Waals surface area contributed by atoms with Gasteiger partial charge in [-0.2, -0.15) is 0 Å². The van der Waals surface area contributed by atoms with Crippen LogP contribution >= 0.6 is 0 Å². The number of aromatic amines is 1. The molecule has 0 spiro atoms. The van der Waals surface area contributed by atoms with E-state index in [9.17, 15) is 0 Å². The van der Waals surface area contributed by atoms with Gasteiger partial charge < -0.3 is 0 Å². The number of aromatic nitrogens is 1. The number of pyridine rings is 1. The molecule has 0 amide bonds. The maximum Gasteiger partial charge on any atom is 0.211 e. The summed E-state index contributed by atoms with van der Waals surface area (Å²) in [7, 11) is 0. The highest BCUT2D eigenvalue weighted by Gasteiger charge is 2.06. The molecule has 0 atom stereocenters. The summed E-state index contributed by atoms with van der Waals surface area (Å²) in [5.74, 6) is 0.709. The first-order valence-electron chi connectivity index (χ1n) is 5.15. The molecule has 1 nitrogen and oxygen atoms in total. The Morgan fingerprint density at radius 3 is 2.71 bits per heavy atom. The summed E-state index contributed by atoms with van der Waals surface area (Å²) in [5.41, 5.74) is 2.67. The van der Waals surface area contributed by atoms with E-state index in [1.54, 1.807) is 0 Å². The fourth-order valence-electron chi connectivity index (χ4n) is 1.83. The van der Waals surface area contributed by atoms with Gasteiger partial charge in [0.25, 0.3) is 0 Å². The first kappa shape index (κ1) is 9.20. The molecular weight excluding hydrogens is 170 g/mol. The number of rotatable bonds is 2. The molecule has 0 bridgehead atoms. The number of H-pyrrole nitrogens is 1. The Bertz CT molecular complexity index is 427. The van der Waals surface area contributed by atoms with Crippen molar-refractivity contribution in [3.05, 3.63) is 42.1 Å². The highest BCUT2D eigenvalue weighted by atomic mass is 14.6. The summed E-state index contributed by atoms with van der Waals surface area (Å²) in [6, 6.07) is 10.7. The van der Waals surface area contributed by atoms with Crippen molar-refractivity contribution in [1.82, 2.24) is 0 Å². The lowest BCUT2D eigenvalue weighted by atomic mass is 10.00. The summed E-state index contributed by atoms with van der Waals surface area (Å²) in [5, 5.41) is 1.35. The van der Waals surface area contributed by atoms with Crippen molar-refractivity contribution in [1.29, 1.82) is 0 Å². The Hall–Kier alpha value is -1.37. The van der Waals surface area contributed by atoms with Crippen LogP contribution in [0.5, 0.6) is 0 Å². The maximum atomic E-state index is 3.26. The van der Waals surface area contributed by atoms with Gasteiger partial charge >= 0.3 is 0 Å². The van der Waals surface area contributed by atoms with Crippen LogP contribution in [0, 0.1) is 5.92 Å². The molecule has 1 aromatic carbocycles. The highest BCUT2D eigenvalue weighted by Crippen LogP contribution is 2.17. The monoisotopic (exact) mass is 186 g/mol. The van der Waals surface area contributed by atoms with Crippen LogP contribution in [0.3, 0.4) is 0 Å². The number of fused-ring (bicyclic) bond motifs is 1. The smallest absolute Gasteiger partial charge is 0.211 e. The topological polar surface area (TPSA) is 14.1 Å². The van der Waals surface area contributed by atoms with Crippen molar-refractivity contribution >= 4 is 10.9 Å². The van der Waals surface area contributed by atoms with Gasteiger partial charge in [0.2, 0.25) is 5.52 Å². The normalized spacial score (nSPS) is 11.1. The van der Waals surface area contributed by atoms with Crippen molar-refractivity contribution in [2.24, 2.45) is 5.92 Å². The van der Waals surface area contributed by atoms with Crippen LogP contribution in [-0.2, 0) is 6.42 Å². The van der Waals surface area contributed by atoms with Crippen molar-refractivity contribution in [2.75, 3.05) is 0 Å². The van der Waals surface area contributed by atoms with Crippen LogP contribution in [0.15, 0.2) is 36.5 Å². The van der Waals surface area contributed by atoms with Crippen LogP contribution in [0.1, 0.15) is 19.4 Å². The van der Waals surface area contributed by atoms with E-state index in [1.807, 2.05) is 6.20 Å². The number of nitrogens with one attached hydrogen (secondary N) is 1. The molecule has 0 radical (unpaired) electrons. The molecule has 1 heterocycles. The third-order valence-electron chi connectivity index (χ3n) is 2.42. The zero-order valence-corrected chi connectivity index (χ0v) is 8.75. The molecular formula is C13H16N+. The molecule has 14 heavy (non-hydrogen) atoms. The zero-order valence-electron chi connectivity index (χ0n) is 8.75. The minimum Gasteiger partial charge on any atom is -0.211 e. The van der Waals surface area contributed by atoms with Gasteiger partial charge in [-0.25, -0.2) is 4.98 Å². The minimum absolute atomic E-state index is 0.709. The number of hydrogen-bond acceptors (Lipinski definition) is 0. The van der Waals surface area contributed by atoms with Gasteiger partial charge in [-0.3, -0.25) is 0 Å². The molecule has 0 aliphatic carbocycles. The van der Waals surface area contributed by atoms with E-state index in [-0.39, 0.29) is 0 Å². The van der Waals surface area contributed by atoms with Gasteiger partial charge in [-0.1, -0.05) is 26.0 Å². The van der Waals surface area contributed by atoms with Gasteiger partial charge in [0.1, 0.15) is 0 Å². The summed E-state index contributed by atoms with van der Waals surface area (Å²) in [6.07, 6.45) is 3.18. The first-order valence-corrected chi connectivity index (χ1v) is 5.15. The lowest BCUT2D eigenvalue weighted by Gasteiger charge is -2.05. The van der Waals surface area contributed by atoms with E-state index in [0.717, 1.165) is 6.42 Å². The second kappa shape index (κ2) is 3.79. The molecule has 0 saturated carbocycles. The van der Waals surface area contributed by atoms with Gasteiger partial charge in [-0.15, -0.1) is 0 Å². The van der Waals surface area contributed by atoms with Gasteiger partial charge in [0, 0.05) is 17.5 Å². The molecule has 0 aliphatic rings. The Balaban J connectivity index is 2.53. The van der Waals surface area contributed by atoms with Crippen LogP contribution in [0.2, 0.25) is 0 Å². The third kappa shape index (κ3) is 1.77. The SMILES string of the molecule is CC(C)Cc1cc[nH+]c2ccccc12. The second-order valence-electron chi connectivity index (χ2n) is 4.15. The van der Waals surface area contributed by atoms with Crippen LogP contribution in [-0.4, -0.2) is 0 Å². The average molecular weight is 186 g/mol. The summed E-state index contributed by atoms with van der Waals surface area (Å²) in [4.78, 5) is 3.26. The Morgan fingerprint density at radius 1 is 1.14 bits per heavy atom.